The second-order valence-electron chi connectivity index (χ2n) is 3.27. The molecule has 1 rings (SSSR count). The number of nitrogens with zero attached hydrogens (tertiary/aromatic N) is 1. The number of hydrogen-bond donors (Lipinski definition) is 0. The van der Waals surface area contributed by atoms with Gasteiger partial charge in [0.05, 0.1) is 12.3 Å². The van der Waals surface area contributed by atoms with Crippen LogP contribution < -0.4 is 0 Å². The van der Waals surface area contributed by atoms with Crippen molar-refractivity contribution >= 4 is 5.78 Å². The van der Waals surface area contributed by atoms with E-state index in [1.54, 1.807) is 13.0 Å². The minimum Gasteiger partial charge on any atom is -0.461 e. The van der Waals surface area contributed by atoms with Crippen LogP contribution in [-0.4, -0.2) is 5.78 Å². The molecule has 1 heterocycles. The van der Waals surface area contributed by atoms with Gasteiger partial charge in [0.15, 0.2) is 5.76 Å². The van der Waals surface area contributed by atoms with Gasteiger partial charge in [-0.2, -0.15) is 5.26 Å². The number of carbonyl (C=O) groups excluding carboxylic acids is 1. The number of furan rings is 1. The number of ketones is 1. The molecule has 0 aliphatic rings. The Morgan fingerprint density at radius 1 is 1.71 bits per heavy atom. The normalized spacial score (nSPS) is 12.1. The van der Waals surface area contributed by atoms with Gasteiger partial charge in [-0.25, -0.2) is 0 Å². The van der Waals surface area contributed by atoms with E-state index >= 15 is 0 Å². The SMILES string of the molecule is CCCC(C#N)C(=O)c1occc1C. The molecule has 0 saturated heterocycles. The third-order valence-corrected chi connectivity index (χ3v) is 2.14. The van der Waals surface area contributed by atoms with Crippen LogP contribution in [0.4, 0.5) is 0 Å². The summed E-state index contributed by atoms with van der Waals surface area (Å²) in [6, 6.07) is 3.74. The number of aryl methyl sites for hydroxylation is 1. The first-order chi connectivity index (χ1) is 6.70. The van der Waals surface area contributed by atoms with Crippen molar-refractivity contribution in [2.75, 3.05) is 0 Å². The van der Waals surface area contributed by atoms with Gasteiger partial charge in [0, 0.05) is 0 Å². The van der Waals surface area contributed by atoms with E-state index in [1.165, 1.54) is 6.26 Å². The summed E-state index contributed by atoms with van der Waals surface area (Å²) in [7, 11) is 0. The summed E-state index contributed by atoms with van der Waals surface area (Å²) in [6.07, 6.45) is 2.89. The lowest BCUT2D eigenvalue weighted by molar-refractivity contribution is 0.0915. The molecule has 3 heteroatoms. The monoisotopic (exact) mass is 191 g/mol. The quantitative estimate of drug-likeness (QED) is 0.687. The van der Waals surface area contributed by atoms with Gasteiger partial charge < -0.3 is 4.42 Å². The summed E-state index contributed by atoms with van der Waals surface area (Å²) in [6.45, 7) is 3.75. The van der Waals surface area contributed by atoms with Crippen LogP contribution in [0.2, 0.25) is 0 Å². The van der Waals surface area contributed by atoms with Crippen LogP contribution in [-0.2, 0) is 0 Å². The molecule has 1 atom stereocenters. The lowest BCUT2D eigenvalue weighted by atomic mass is 9.97. The lowest BCUT2D eigenvalue weighted by Crippen LogP contribution is -2.12. The number of rotatable bonds is 4. The summed E-state index contributed by atoms with van der Waals surface area (Å²) in [4.78, 5) is 11.7. The number of nitriles is 1. The maximum Gasteiger partial charge on any atom is 0.215 e. The van der Waals surface area contributed by atoms with Crippen molar-refractivity contribution in [3.8, 4) is 6.07 Å². The second-order valence-corrected chi connectivity index (χ2v) is 3.27. The number of Topliss-reactive ketones (excluding diaryl/α,β-unsaturated/α-hetero) is 1. The largest absolute Gasteiger partial charge is 0.461 e. The van der Waals surface area contributed by atoms with E-state index in [0.717, 1.165) is 12.0 Å². The van der Waals surface area contributed by atoms with E-state index in [1.807, 2.05) is 13.0 Å². The molecule has 0 saturated carbocycles. The fourth-order valence-electron chi connectivity index (χ4n) is 1.33. The van der Waals surface area contributed by atoms with Gasteiger partial charge in [0.2, 0.25) is 5.78 Å². The average molecular weight is 191 g/mol. The van der Waals surface area contributed by atoms with Gasteiger partial charge in [-0.05, 0) is 25.0 Å². The summed E-state index contributed by atoms with van der Waals surface area (Å²) in [5.74, 6) is -0.438. The smallest absolute Gasteiger partial charge is 0.215 e. The first-order valence-electron chi connectivity index (χ1n) is 4.68. The van der Waals surface area contributed by atoms with Crippen molar-refractivity contribution < 1.29 is 9.21 Å². The Bertz CT molecular complexity index is 360. The molecule has 1 aromatic rings. The average Bonchev–Trinajstić information content (AvgIpc) is 2.59. The van der Waals surface area contributed by atoms with Crippen molar-refractivity contribution in [2.24, 2.45) is 5.92 Å². The summed E-state index contributed by atoms with van der Waals surface area (Å²) >= 11 is 0. The molecule has 1 unspecified atom stereocenters. The first kappa shape index (κ1) is 10.5. The molecule has 0 aromatic carbocycles. The van der Waals surface area contributed by atoms with Crippen molar-refractivity contribution in [1.82, 2.24) is 0 Å². The van der Waals surface area contributed by atoms with Crippen LogP contribution in [0.1, 0.15) is 35.9 Å². The highest BCUT2D eigenvalue weighted by molar-refractivity contribution is 5.98. The van der Waals surface area contributed by atoms with Gasteiger partial charge in [-0.3, -0.25) is 4.79 Å². The topological polar surface area (TPSA) is 54.0 Å². The first-order valence-corrected chi connectivity index (χ1v) is 4.68. The molecule has 0 bridgehead atoms. The third-order valence-electron chi connectivity index (χ3n) is 2.14. The molecule has 0 aliphatic heterocycles. The van der Waals surface area contributed by atoms with Gasteiger partial charge >= 0.3 is 0 Å². The zero-order chi connectivity index (χ0) is 10.6. The van der Waals surface area contributed by atoms with E-state index in [-0.39, 0.29) is 5.78 Å². The molecular formula is C11H13NO2. The molecule has 0 amide bonds. The maximum absolute atomic E-state index is 11.7. The zero-order valence-corrected chi connectivity index (χ0v) is 8.41. The van der Waals surface area contributed by atoms with E-state index in [4.69, 9.17) is 9.68 Å². The van der Waals surface area contributed by atoms with E-state index in [2.05, 4.69) is 0 Å². The van der Waals surface area contributed by atoms with Crippen molar-refractivity contribution in [3.63, 3.8) is 0 Å². The number of carbonyl (C=O) groups is 1. The van der Waals surface area contributed by atoms with Crippen molar-refractivity contribution in [2.45, 2.75) is 26.7 Å². The van der Waals surface area contributed by atoms with Crippen molar-refractivity contribution in [1.29, 1.82) is 5.26 Å². The van der Waals surface area contributed by atoms with Gasteiger partial charge in [0.25, 0.3) is 0 Å². The Kier molecular flexibility index (Phi) is 3.47. The molecule has 0 aliphatic carbocycles. The molecule has 0 spiro atoms. The van der Waals surface area contributed by atoms with Crippen LogP contribution in [0.15, 0.2) is 16.7 Å². The van der Waals surface area contributed by atoms with Crippen molar-refractivity contribution in [3.05, 3.63) is 23.7 Å². The van der Waals surface area contributed by atoms with Gasteiger partial charge in [-0.15, -0.1) is 0 Å². The third kappa shape index (κ3) is 2.02. The molecular weight excluding hydrogens is 178 g/mol. The van der Waals surface area contributed by atoms with Crippen LogP contribution in [0.5, 0.6) is 0 Å². The second kappa shape index (κ2) is 4.61. The summed E-state index contributed by atoms with van der Waals surface area (Å²) < 4.78 is 5.05. The standard InChI is InChI=1S/C11H13NO2/c1-3-4-9(7-12)10(13)11-8(2)5-6-14-11/h5-6,9H,3-4H2,1-2H3. The zero-order valence-electron chi connectivity index (χ0n) is 8.41. The predicted octanol–water partition coefficient (Wildman–Crippen LogP) is 2.71. The Morgan fingerprint density at radius 3 is 2.86 bits per heavy atom. The maximum atomic E-state index is 11.7. The molecule has 3 nitrogen and oxygen atoms in total. The molecule has 74 valence electrons. The predicted molar refractivity (Wildman–Crippen MR) is 51.8 cm³/mol. The Morgan fingerprint density at radius 2 is 2.43 bits per heavy atom. The Balaban J connectivity index is 2.85. The van der Waals surface area contributed by atoms with E-state index in [9.17, 15) is 4.79 Å². The van der Waals surface area contributed by atoms with Crippen LogP contribution >= 0.6 is 0 Å². The van der Waals surface area contributed by atoms with Gasteiger partial charge in [0.1, 0.15) is 5.92 Å². The highest BCUT2D eigenvalue weighted by Crippen LogP contribution is 2.17. The summed E-state index contributed by atoms with van der Waals surface area (Å²) in [5, 5.41) is 8.80. The molecule has 0 radical (unpaired) electrons. The fraction of sp³-hybridized carbons (Fsp3) is 0.455. The van der Waals surface area contributed by atoms with E-state index < -0.39 is 5.92 Å². The summed E-state index contributed by atoms with van der Waals surface area (Å²) in [5.41, 5.74) is 0.798. The van der Waals surface area contributed by atoms with Crippen LogP contribution in [0, 0.1) is 24.2 Å². The van der Waals surface area contributed by atoms with E-state index in [0.29, 0.717) is 12.2 Å². The Labute approximate surface area is 83.3 Å². The molecule has 0 N–H and O–H groups in total. The molecule has 14 heavy (non-hydrogen) atoms. The van der Waals surface area contributed by atoms with Crippen LogP contribution in [0.25, 0.3) is 0 Å². The Hall–Kier alpha value is -1.56. The molecule has 1 aromatic heterocycles. The number of hydrogen-bond acceptors (Lipinski definition) is 3. The minimum absolute atomic E-state index is 0.197. The minimum atomic E-state index is -0.565. The highest BCUT2D eigenvalue weighted by atomic mass is 16.3. The van der Waals surface area contributed by atoms with Crippen LogP contribution in [0.3, 0.4) is 0 Å². The molecule has 0 fully saturated rings. The fourth-order valence-corrected chi connectivity index (χ4v) is 1.33. The van der Waals surface area contributed by atoms with Gasteiger partial charge in [-0.1, -0.05) is 13.3 Å². The highest BCUT2D eigenvalue weighted by Gasteiger charge is 2.22. The lowest BCUT2D eigenvalue weighted by Gasteiger charge is -2.04.